The van der Waals surface area contributed by atoms with E-state index in [1.165, 1.54) is 11.3 Å². The average molecular weight is 325 g/mol. The molecule has 0 atom stereocenters. The van der Waals surface area contributed by atoms with Gasteiger partial charge in [0.1, 0.15) is 0 Å². The van der Waals surface area contributed by atoms with E-state index in [9.17, 15) is 8.42 Å². The molecule has 7 heteroatoms. The van der Waals surface area contributed by atoms with Crippen molar-refractivity contribution in [2.75, 3.05) is 17.8 Å². The van der Waals surface area contributed by atoms with Gasteiger partial charge in [-0.25, -0.2) is 13.4 Å². The Labute approximate surface area is 129 Å². The molecule has 114 valence electrons. The highest BCUT2D eigenvalue weighted by Gasteiger charge is 2.14. The highest BCUT2D eigenvalue weighted by Crippen LogP contribution is 2.18. The SMILES string of the molecule is CCCNCCc1ccc(S(=O)(=O)Nc2nccs2)cc1. The first kappa shape index (κ1) is 15.9. The van der Waals surface area contributed by atoms with Gasteiger partial charge < -0.3 is 5.32 Å². The molecule has 0 bridgehead atoms. The van der Waals surface area contributed by atoms with Crippen molar-refractivity contribution in [3.63, 3.8) is 0 Å². The van der Waals surface area contributed by atoms with Crippen molar-refractivity contribution in [3.8, 4) is 0 Å². The number of thiazole rings is 1. The summed E-state index contributed by atoms with van der Waals surface area (Å²) in [4.78, 5) is 4.18. The molecule has 0 fully saturated rings. The van der Waals surface area contributed by atoms with Crippen molar-refractivity contribution in [1.82, 2.24) is 10.3 Å². The Morgan fingerprint density at radius 3 is 2.57 bits per heavy atom. The zero-order valence-electron chi connectivity index (χ0n) is 11.9. The number of anilines is 1. The summed E-state index contributed by atoms with van der Waals surface area (Å²) in [5.74, 6) is 0. The van der Waals surface area contributed by atoms with Crippen LogP contribution in [0.15, 0.2) is 40.7 Å². The second-order valence-electron chi connectivity index (χ2n) is 4.59. The van der Waals surface area contributed by atoms with Crippen LogP contribution < -0.4 is 10.0 Å². The molecule has 1 heterocycles. The topological polar surface area (TPSA) is 71.1 Å². The minimum atomic E-state index is -3.55. The molecule has 1 aromatic heterocycles. The Morgan fingerprint density at radius 2 is 1.95 bits per heavy atom. The molecule has 0 aliphatic rings. The molecule has 2 N–H and O–H groups in total. The van der Waals surface area contributed by atoms with Crippen LogP contribution in [0.25, 0.3) is 0 Å². The quantitative estimate of drug-likeness (QED) is 0.732. The normalized spacial score (nSPS) is 11.5. The third-order valence-corrected chi connectivity index (χ3v) is 5.08. The van der Waals surface area contributed by atoms with Gasteiger partial charge >= 0.3 is 0 Å². The first-order valence-corrected chi connectivity index (χ1v) is 9.20. The summed E-state index contributed by atoms with van der Waals surface area (Å²) in [6.07, 6.45) is 3.56. The molecule has 0 unspecified atom stereocenters. The molecule has 0 amide bonds. The van der Waals surface area contributed by atoms with E-state index in [4.69, 9.17) is 0 Å². The Balaban J connectivity index is 1.97. The first-order chi connectivity index (χ1) is 10.1. The predicted molar refractivity (Wildman–Crippen MR) is 86.2 cm³/mol. The van der Waals surface area contributed by atoms with Gasteiger partial charge in [0.25, 0.3) is 10.0 Å². The lowest BCUT2D eigenvalue weighted by Crippen LogP contribution is -2.18. The zero-order valence-corrected chi connectivity index (χ0v) is 13.5. The number of nitrogens with one attached hydrogen (secondary N) is 2. The van der Waals surface area contributed by atoms with Crippen LogP contribution in [-0.4, -0.2) is 26.5 Å². The van der Waals surface area contributed by atoms with Crippen molar-refractivity contribution in [1.29, 1.82) is 0 Å². The van der Waals surface area contributed by atoms with Gasteiger partial charge in [-0.2, -0.15) is 0 Å². The number of hydrogen-bond acceptors (Lipinski definition) is 5. The van der Waals surface area contributed by atoms with Gasteiger partial charge in [0.05, 0.1) is 4.90 Å². The number of benzene rings is 1. The first-order valence-electron chi connectivity index (χ1n) is 6.84. The summed E-state index contributed by atoms with van der Waals surface area (Å²) in [7, 11) is -3.55. The van der Waals surface area contributed by atoms with Gasteiger partial charge in [-0.05, 0) is 43.6 Å². The number of rotatable bonds is 8. The van der Waals surface area contributed by atoms with Gasteiger partial charge in [0, 0.05) is 11.6 Å². The molecular weight excluding hydrogens is 306 g/mol. The average Bonchev–Trinajstić information content (AvgIpc) is 2.96. The largest absolute Gasteiger partial charge is 0.316 e. The van der Waals surface area contributed by atoms with E-state index < -0.39 is 10.0 Å². The number of sulfonamides is 1. The number of hydrogen-bond donors (Lipinski definition) is 2. The fourth-order valence-corrected chi connectivity index (χ4v) is 3.61. The molecule has 0 saturated heterocycles. The van der Waals surface area contributed by atoms with Gasteiger partial charge in [0.2, 0.25) is 0 Å². The monoisotopic (exact) mass is 325 g/mol. The highest BCUT2D eigenvalue weighted by atomic mass is 32.2. The maximum atomic E-state index is 12.2. The maximum absolute atomic E-state index is 12.2. The van der Waals surface area contributed by atoms with Crippen molar-refractivity contribution >= 4 is 26.5 Å². The van der Waals surface area contributed by atoms with E-state index in [1.54, 1.807) is 23.7 Å². The van der Waals surface area contributed by atoms with E-state index in [-0.39, 0.29) is 4.90 Å². The maximum Gasteiger partial charge on any atom is 0.263 e. The van der Waals surface area contributed by atoms with Crippen LogP contribution in [0.3, 0.4) is 0 Å². The van der Waals surface area contributed by atoms with Gasteiger partial charge in [0.15, 0.2) is 5.13 Å². The minimum absolute atomic E-state index is 0.253. The summed E-state index contributed by atoms with van der Waals surface area (Å²) >= 11 is 1.25. The fraction of sp³-hybridized carbons (Fsp3) is 0.357. The standard InChI is InChI=1S/C14H19N3O2S2/c1-2-8-15-9-7-12-3-5-13(6-4-12)21(18,19)17-14-16-10-11-20-14/h3-6,10-11,15H,2,7-9H2,1H3,(H,16,17). The molecule has 5 nitrogen and oxygen atoms in total. The van der Waals surface area contributed by atoms with Crippen molar-refractivity contribution < 1.29 is 8.42 Å². The van der Waals surface area contributed by atoms with Crippen LogP contribution in [0.2, 0.25) is 0 Å². The van der Waals surface area contributed by atoms with Crippen LogP contribution in [0.5, 0.6) is 0 Å². The summed E-state index contributed by atoms with van der Waals surface area (Å²) < 4.78 is 26.8. The minimum Gasteiger partial charge on any atom is -0.316 e. The Kier molecular flexibility index (Phi) is 5.72. The third kappa shape index (κ3) is 4.80. The lowest BCUT2D eigenvalue weighted by atomic mass is 10.1. The zero-order chi connectivity index (χ0) is 15.1. The molecule has 0 radical (unpaired) electrons. The van der Waals surface area contributed by atoms with E-state index in [0.29, 0.717) is 5.13 Å². The fourth-order valence-electron chi connectivity index (χ4n) is 1.82. The molecular formula is C14H19N3O2S2. The molecule has 2 aromatic rings. The van der Waals surface area contributed by atoms with Crippen LogP contribution in [-0.2, 0) is 16.4 Å². The Hall–Kier alpha value is -1.44. The number of nitrogens with zero attached hydrogens (tertiary/aromatic N) is 1. The van der Waals surface area contributed by atoms with Gasteiger partial charge in [-0.1, -0.05) is 19.1 Å². The van der Waals surface area contributed by atoms with E-state index in [2.05, 4.69) is 21.9 Å². The van der Waals surface area contributed by atoms with E-state index in [0.717, 1.165) is 31.5 Å². The van der Waals surface area contributed by atoms with Crippen LogP contribution >= 0.6 is 11.3 Å². The Bertz CT molecular complexity index is 637. The summed E-state index contributed by atoms with van der Waals surface area (Å²) in [6, 6.07) is 6.96. The van der Waals surface area contributed by atoms with E-state index in [1.807, 2.05) is 12.1 Å². The lowest BCUT2D eigenvalue weighted by Gasteiger charge is -2.07. The highest BCUT2D eigenvalue weighted by molar-refractivity contribution is 7.93. The van der Waals surface area contributed by atoms with E-state index >= 15 is 0 Å². The smallest absolute Gasteiger partial charge is 0.263 e. The summed E-state index contributed by atoms with van der Waals surface area (Å²) in [5.41, 5.74) is 1.12. The molecule has 0 aliphatic carbocycles. The van der Waals surface area contributed by atoms with Crippen molar-refractivity contribution in [2.24, 2.45) is 0 Å². The second kappa shape index (κ2) is 7.53. The van der Waals surface area contributed by atoms with Crippen LogP contribution in [0.1, 0.15) is 18.9 Å². The number of aromatic nitrogens is 1. The molecule has 21 heavy (non-hydrogen) atoms. The molecule has 0 aliphatic heterocycles. The van der Waals surface area contributed by atoms with Crippen LogP contribution in [0, 0.1) is 0 Å². The molecule has 2 rings (SSSR count). The van der Waals surface area contributed by atoms with Gasteiger partial charge in [-0.3, -0.25) is 4.72 Å². The molecule has 0 spiro atoms. The summed E-state index contributed by atoms with van der Waals surface area (Å²) in [5, 5.41) is 5.42. The lowest BCUT2D eigenvalue weighted by molar-refractivity contribution is 0.601. The van der Waals surface area contributed by atoms with Crippen molar-refractivity contribution in [3.05, 3.63) is 41.4 Å². The predicted octanol–water partition coefficient (Wildman–Crippen LogP) is 2.49. The third-order valence-electron chi connectivity index (χ3n) is 2.90. The summed E-state index contributed by atoms with van der Waals surface area (Å²) in [6.45, 7) is 4.03. The molecule has 1 aromatic carbocycles. The second-order valence-corrected chi connectivity index (χ2v) is 7.16. The molecule has 0 saturated carbocycles. The van der Waals surface area contributed by atoms with Crippen LogP contribution in [0.4, 0.5) is 5.13 Å². The van der Waals surface area contributed by atoms with Gasteiger partial charge in [-0.15, -0.1) is 11.3 Å². The van der Waals surface area contributed by atoms with Crippen molar-refractivity contribution in [2.45, 2.75) is 24.7 Å². The Morgan fingerprint density at radius 1 is 1.19 bits per heavy atom.